The molecule has 0 fully saturated rings. The van der Waals surface area contributed by atoms with Crippen LogP contribution in [-0.4, -0.2) is 20.1 Å². The van der Waals surface area contributed by atoms with E-state index >= 15 is 0 Å². The fourth-order valence-corrected chi connectivity index (χ4v) is 3.24. The standard InChI is InChI=1S/C13H7Cl2F4N3OS/c14-5-24-12-9(3-20)21-22(10(12)4-23)11-7(15)1-6(2-8(11)16)13(17,18)19/h1-2,23H,4-5H2. The minimum Gasteiger partial charge on any atom is -0.390 e. The number of aliphatic hydroxyl groups excluding tert-OH is 1. The molecule has 0 spiro atoms. The van der Waals surface area contributed by atoms with Gasteiger partial charge in [-0.05, 0) is 12.1 Å². The summed E-state index contributed by atoms with van der Waals surface area (Å²) < 4.78 is 53.1. The molecule has 0 saturated heterocycles. The molecule has 1 aromatic carbocycles. The van der Waals surface area contributed by atoms with E-state index < -0.39 is 34.9 Å². The van der Waals surface area contributed by atoms with Gasteiger partial charge in [-0.25, -0.2) is 9.07 Å². The van der Waals surface area contributed by atoms with Crippen LogP contribution in [0.2, 0.25) is 5.02 Å². The molecule has 0 atom stereocenters. The van der Waals surface area contributed by atoms with E-state index in [1.165, 1.54) is 0 Å². The van der Waals surface area contributed by atoms with Crippen LogP contribution in [0.3, 0.4) is 0 Å². The van der Waals surface area contributed by atoms with Crippen LogP contribution in [0, 0.1) is 17.1 Å². The third-order valence-electron chi connectivity index (χ3n) is 2.94. The van der Waals surface area contributed by atoms with Gasteiger partial charge < -0.3 is 5.11 Å². The van der Waals surface area contributed by atoms with E-state index in [4.69, 9.17) is 28.5 Å². The zero-order valence-electron chi connectivity index (χ0n) is 11.5. The van der Waals surface area contributed by atoms with Crippen molar-refractivity contribution >= 4 is 35.0 Å². The van der Waals surface area contributed by atoms with Gasteiger partial charge in [-0.2, -0.15) is 23.5 Å². The smallest absolute Gasteiger partial charge is 0.390 e. The molecule has 0 aliphatic heterocycles. The first-order valence-electron chi connectivity index (χ1n) is 6.12. The highest BCUT2D eigenvalue weighted by Crippen LogP contribution is 2.37. The molecule has 1 N–H and O–H groups in total. The minimum atomic E-state index is -4.77. The van der Waals surface area contributed by atoms with Crippen molar-refractivity contribution in [1.29, 1.82) is 5.26 Å². The van der Waals surface area contributed by atoms with Gasteiger partial charge in [0.25, 0.3) is 0 Å². The van der Waals surface area contributed by atoms with Gasteiger partial charge in [0.05, 0.1) is 33.0 Å². The molecule has 0 radical (unpaired) electrons. The van der Waals surface area contributed by atoms with Crippen molar-refractivity contribution in [3.8, 4) is 11.8 Å². The summed E-state index contributed by atoms with van der Waals surface area (Å²) in [6.45, 7) is -0.648. The van der Waals surface area contributed by atoms with Crippen molar-refractivity contribution in [3.05, 3.63) is 39.9 Å². The molecule has 2 rings (SSSR count). The monoisotopic (exact) mass is 399 g/mol. The highest BCUT2D eigenvalue weighted by atomic mass is 35.5. The summed E-state index contributed by atoms with van der Waals surface area (Å²) in [6, 6.07) is 2.56. The number of aliphatic hydroxyl groups is 1. The molecular formula is C13H7Cl2F4N3OS. The van der Waals surface area contributed by atoms with Gasteiger partial charge in [0.1, 0.15) is 11.8 Å². The number of hydrogen-bond acceptors (Lipinski definition) is 4. The summed E-state index contributed by atoms with van der Waals surface area (Å²) in [6.07, 6.45) is -4.77. The Morgan fingerprint density at radius 3 is 2.50 bits per heavy atom. The van der Waals surface area contributed by atoms with Crippen LogP contribution in [0.4, 0.5) is 17.6 Å². The average Bonchev–Trinajstić information content (AvgIpc) is 2.83. The quantitative estimate of drug-likeness (QED) is 0.472. The highest BCUT2D eigenvalue weighted by molar-refractivity contribution is 8.00. The normalized spacial score (nSPS) is 11.6. The first kappa shape index (κ1) is 18.9. The van der Waals surface area contributed by atoms with Crippen molar-refractivity contribution in [2.45, 2.75) is 17.7 Å². The predicted octanol–water partition coefficient (Wildman–Crippen LogP) is 4.34. The molecule has 0 amide bonds. The zero-order valence-corrected chi connectivity index (χ0v) is 13.9. The van der Waals surface area contributed by atoms with Gasteiger partial charge in [-0.15, -0.1) is 23.4 Å². The molecule has 128 valence electrons. The predicted molar refractivity (Wildman–Crippen MR) is 80.7 cm³/mol. The van der Waals surface area contributed by atoms with Crippen LogP contribution in [0.5, 0.6) is 0 Å². The molecule has 0 aliphatic rings. The lowest BCUT2D eigenvalue weighted by Gasteiger charge is -2.13. The number of alkyl halides is 4. The largest absolute Gasteiger partial charge is 0.416 e. The minimum absolute atomic E-state index is 0.00208. The van der Waals surface area contributed by atoms with E-state index in [1.807, 2.05) is 0 Å². The number of thioether (sulfide) groups is 1. The number of benzene rings is 1. The molecule has 2 aromatic rings. The van der Waals surface area contributed by atoms with E-state index in [0.717, 1.165) is 16.4 Å². The van der Waals surface area contributed by atoms with Crippen LogP contribution in [0.1, 0.15) is 17.0 Å². The van der Waals surface area contributed by atoms with E-state index in [1.54, 1.807) is 6.07 Å². The van der Waals surface area contributed by atoms with Crippen LogP contribution in [0.25, 0.3) is 5.69 Å². The Morgan fingerprint density at radius 2 is 2.04 bits per heavy atom. The Labute approximate surface area is 147 Å². The number of hydrogen-bond donors (Lipinski definition) is 1. The fourth-order valence-electron chi connectivity index (χ4n) is 1.97. The topological polar surface area (TPSA) is 61.8 Å². The average molecular weight is 400 g/mol. The Balaban J connectivity index is 2.71. The SMILES string of the molecule is N#Cc1nn(-c2c(F)cc(C(F)(F)F)cc2Cl)c(CO)c1SCCl. The van der Waals surface area contributed by atoms with Crippen molar-refractivity contribution in [1.82, 2.24) is 9.78 Å². The second-order valence-corrected chi connectivity index (χ2v) is 6.32. The van der Waals surface area contributed by atoms with Gasteiger partial charge in [0, 0.05) is 0 Å². The van der Waals surface area contributed by atoms with E-state index in [-0.39, 0.29) is 27.6 Å². The van der Waals surface area contributed by atoms with E-state index in [9.17, 15) is 22.7 Å². The van der Waals surface area contributed by atoms with Crippen LogP contribution < -0.4 is 0 Å². The second-order valence-electron chi connectivity index (χ2n) is 4.35. The fraction of sp³-hybridized carbons (Fsp3) is 0.231. The second kappa shape index (κ2) is 7.19. The Morgan fingerprint density at radius 1 is 1.38 bits per heavy atom. The van der Waals surface area contributed by atoms with Crippen molar-refractivity contribution in [2.24, 2.45) is 0 Å². The summed E-state index contributed by atoms with van der Waals surface area (Å²) in [4.78, 5) is 0.199. The lowest BCUT2D eigenvalue weighted by Crippen LogP contribution is -2.10. The highest BCUT2D eigenvalue weighted by Gasteiger charge is 2.33. The van der Waals surface area contributed by atoms with Gasteiger partial charge in [0.2, 0.25) is 0 Å². The van der Waals surface area contributed by atoms with Gasteiger partial charge >= 0.3 is 6.18 Å². The van der Waals surface area contributed by atoms with Crippen molar-refractivity contribution in [3.63, 3.8) is 0 Å². The van der Waals surface area contributed by atoms with Gasteiger partial charge in [0.15, 0.2) is 11.5 Å². The molecule has 0 saturated carbocycles. The van der Waals surface area contributed by atoms with Crippen LogP contribution >= 0.6 is 35.0 Å². The maximum atomic E-state index is 14.2. The number of nitrogens with zero attached hydrogens (tertiary/aromatic N) is 3. The first-order valence-corrected chi connectivity index (χ1v) is 8.02. The first-order chi connectivity index (χ1) is 11.2. The summed E-state index contributed by atoms with van der Waals surface area (Å²) in [5.41, 5.74) is -1.91. The Bertz CT molecular complexity index is 794. The zero-order chi connectivity index (χ0) is 18.1. The summed E-state index contributed by atoms with van der Waals surface area (Å²) >= 11 is 12.3. The molecule has 11 heteroatoms. The summed E-state index contributed by atoms with van der Waals surface area (Å²) in [5.74, 6) is -1.29. The molecule has 1 aromatic heterocycles. The van der Waals surface area contributed by atoms with E-state index in [0.29, 0.717) is 6.07 Å². The number of nitriles is 1. The third-order valence-corrected chi connectivity index (χ3v) is 4.39. The lowest BCUT2D eigenvalue weighted by atomic mass is 10.2. The molecule has 0 bridgehead atoms. The molecule has 1 heterocycles. The van der Waals surface area contributed by atoms with Crippen LogP contribution in [0.15, 0.2) is 17.0 Å². The van der Waals surface area contributed by atoms with E-state index in [2.05, 4.69) is 5.10 Å². The molecular weight excluding hydrogens is 393 g/mol. The lowest BCUT2D eigenvalue weighted by molar-refractivity contribution is -0.137. The number of aromatic nitrogens is 2. The molecule has 24 heavy (non-hydrogen) atoms. The van der Waals surface area contributed by atoms with Crippen molar-refractivity contribution in [2.75, 3.05) is 5.21 Å². The van der Waals surface area contributed by atoms with Gasteiger partial charge in [-0.1, -0.05) is 11.6 Å². The van der Waals surface area contributed by atoms with Gasteiger partial charge in [-0.3, -0.25) is 0 Å². The number of rotatable bonds is 4. The van der Waals surface area contributed by atoms with Crippen molar-refractivity contribution < 1.29 is 22.7 Å². The Kier molecular flexibility index (Phi) is 5.65. The summed E-state index contributed by atoms with van der Waals surface area (Å²) in [7, 11) is 0. The molecule has 0 aliphatic carbocycles. The molecule has 4 nitrogen and oxygen atoms in total. The maximum Gasteiger partial charge on any atom is 0.416 e. The maximum absolute atomic E-state index is 14.2. The Hall–Kier alpha value is -1.47. The summed E-state index contributed by atoms with van der Waals surface area (Å²) in [5, 5.41) is 21.8. The molecule has 0 unspecified atom stereocenters. The van der Waals surface area contributed by atoms with Crippen LogP contribution in [-0.2, 0) is 12.8 Å². The number of halogens is 6. The third kappa shape index (κ3) is 3.47.